The van der Waals surface area contributed by atoms with Gasteiger partial charge >= 0.3 is 0 Å². The molecule has 0 spiro atoms. The molecule has 0 bridgehead atoms. The predicted molar refractivity (Wildman–Crippen MR) is 17.1 cm³/mol. The predicted octanol–water partition coefficient (Wildman–Crippen LogP) is 0.200. The van der Waals surface area contributed by atoms with Crippen molar-refractivity contribution in [2.24, 2.45) is 0 Å². The van der Waals surface area contributed by atoms with E-state index in [9.17, 15) is 0 Å². The van der Waals surface area contributed by atoms with Crippen LogP contribution < -0.4 is 0 Å². The third-order valence-electron chi connectivity index (χ3n) is 0.183. The zero-order valence-corrected chi connectivity index (χ0v) is 6.15. The van der Waals surface area contributed by atoms with Crippen molar-refractivity contribution in [3.05, 3.63) is 6.42 Å². The summed E-state index contributed by atoms with van der Waals surface area (Å²) in [4.78, 5) is 0. The van der Waals surface area contributed by atoms with Gasteiger partial charge in [0.2, 0.25) is 0 Å². The molecule has 0 aliphatic carbocycles. The normalized spacial score (nSPS) is 6.00. The SMILES string of the molecule is C[CH-]CO.[Y]. The van der Waals surface area contributed by atoms with Crippen LogP contribution in [-0.4, -0.2) is 11.7 Å². The fourth-order valence-electron chi connectivity index (χ4n) is 0. The Kier molecular flexibility index (Phi) is 16.8. The molecule has 0 atom stereocenters. The van der Waals surface area contributed by atoms with Gasteiger partial charge in [0.15, 0.2) is 0 Å². The topological polar surface area (TPSA) is 20.2 Å². The Bertz CT molecular complexity index is 8.85. The summed E-state index contributed by atoms with van der Waals surface area (Å²) in [5, 5.41) is 7.82. The second-order valence-corrected chi connectivity index (χ2v) is 0.591. The fourth-order valence-corrected chi connectivity index (χ4v) is 0. The van der Waals surface area contributed by atoms with Gasteiger partial charge in [0.25, 0.3) is 0 Å². The molecule has 0 fully saturated rings. The molecule has 5 heavy (non-hydrogen) atoms. The van der Waals surface area contributed by atoms with Crippen LogP contribution in [0.4, 0.5) is 0 Å². The summed E-state index contributed by atoms with van der Waals surface area (Å²) in [7, 11) is 0. The molecule has 0 unspecified atom stereocenters. The first-order valence-electron chi connectivity index (χ1n) is 1.30. The van der Waals surface area contributed by atoms with E-state index in [2.05, 4.69) is 0 Å². The minimum absolute atomic E-state index is 0. The van der Waals surface area contributed by atoms with E-state index in [4.69, 9.17) is 5.11 Å². The maximum absolute atomic E-state index is 7.82. The smallest absolute Gasteiger partial charge is 0 e. The molecule has 0 aromatic carbocycles. The van der Waals surface area contributed by atoms with Gasteiger partial charge in [-0.05, 0) is 0 Å². The molecule has 0 aromatic rings. The maximum Gasteiger partial charge on any atom is 0 e. The molecule has 0 rings (SSSR count). The standard InChI is InChI=1S/C3H7O.Y/c1-2-3-4;/h2,4H,3H2,1H3;/q-1;. The van der Waals surface area contributed by atoms with Crippen LogP contribution in [-0.2, 0) is 32.7 Å². The first kappa shape index (κ1) is 9.42. The fraction of sp³-hybridized carbons (Fsp3) is 0.667. The minimum Gasteiger partial charge on any atom is -0.428 e. The van der Waals surface area contributed by atoms with Crippen molar-refractivity contribution >= 4 is 0 Å². The van der Waals surface area contributed by atoms with E-state index in [-0.39, 0.29) is 39.3 Å². The van der Waals surface area contributed by atoms with Crippen molar-refractivity contribution in [1.82, 2.24) is 0 Å². The summed E-state index contributed by atoms with van der Waals surface area (Å²) < 4.78 is 0. The quantitative estimate of drug-likeness (QED) is 0.526. The second kappa shape index (κ2) is 8.91. The van der Waals surface area contributed by atoms with E-state index in [1.165, 1.54) is 0 Å². The van der Waals surface area contributed by atoms with E-state index < -0.39 is 0 Å². The molecule has 1 N–H and O–H groups in total. The van der Waals surface area contributed by atoms with Crippen molar-refractivity contribution in [2.75, 3.05) is 6.61 Å². The molecule has 0 amide bonds. The molecule has 2 heteroatoms. The molecule has 0 saturated heterocycles. The maximum atomic E-state index is 7.82. The van der Waals surface area contributed by atoms with Crippen molar-refractivity contribution in [3.63, 3.8) is 0 Å². The van der Waals surface area contributed by atoms with E-state index >= 15 is 0 Å². The van der Waals surface area contributed by atoms with Gasteiger partial charge in [-0.1, -0.05) is 6.61 Å². The number of hydrogen-bond acceptors (Lipinski definition) is 1. The van der Waals surface area contributed by atoms with Crippen molar-refractivity contribution in [1.29, 1.82) is 0 Å². The third kappa shape index (κ3) is 11.2. The van der Waals surface area contributed by atoms with Crippen LogP contribution in [0, 0.1) is 6.42 Å². The van der Waals surface area contributed by atoms with Gasteiger partial charge in [-0.3, -0.25) is 0 Å². The Labute approximate surface area is 57.6 Å². The van der Waals surface area contributed by atoms with Crippen molar-refractivity contribution in [2.45, 2.75) is 6.92 Å². The van der Waals surface area contributed by atoms with Gasteiger partial charge in [0, 0.05) is 32.7 Å². The summed E-state index contributed by atoms with van der Waals surface area (Å²) >= 11 is 0. The van der Waals surface area contributed by atoms with Gasteiger partial charge in [-0.15, -0.1) is 0 Å². The zero-order chi connectivity index (χ0) is 3.41. The van der Waals surface area contributed by atoms with Crippen LogP contribution in [0.15, 0.2) is 0 Å². The molecular weight excluding hydrogens is 141 g/mol. The Hall–Kier alpha value is 1.06. The van der Waals surface area contributed by atoms with Gasteiger partial charge in [0.1, 0.15) is 0 Å². The van der Waals surface area contributed by atoms with Gasteiger partial charge in [-0.25, -0.2) is 0 Å². The Morgan fingerprint density at radius 1 is 1.80 bits per heavy atom. The van der Waals surface area contributed by atoms with E-state index in [0.29, 0.717) is 0 Å². The Morgan fingerprint density at radius 3 is 2.00 bits per heavy atom. The average Bonchev–Trinajstić information content (AvgIpc) is 1.37. The van der Waals surface area contributed by atoms with E-state index in [1.54, 1.807) is 13.3 Å². The van der Waals surface area contributed by atoms with E-state index in [0.717, 1.165) is 0 Å². The second-order valence-electron chi connectivity index (χ2n) is 0.591. The van der Waals surface area contributed by atoms with Crippen LogP contribution >= 0.6 is 0 Å². The zero-order valence-electron chi connectivity index (χ0n) is 3.31. The first-order valence-corrected chi connectivity index (χ1v) is 1.30. The molecule has 0 aliphatic rings. The number of rotatable bonds is 1. The third-order valence-corrected chi connectivity index (χ3v) is 0.183. The summed E-state index contributed by atoms with van der Waals surface area (Å²) in [6, 6.07) is 0. The van der Waals surface area contributed by atoms with Crippen LogP contribution in [0.5, 0.6) is 0 Å². The molecule has 0 heterocycles. The summed E-state index contributed by atoms with van der Waals surface area (Å²) in [5.41, 5.74) is 0. The molecule has 0 aromatic heterocycles. The number of aliphatic hydroxyl groups is 1. The summed E-state index contributed by atoms with van der Waals surface area (Å²) in [5.74, 6) is 0. The van der Waals surface area contributed by atoms with Gasteiger partial charge in [0.05, 0.1) is 0 Å². The molecule has 1 radical (unpaired) electrons. The molecular formula is C3H7OY-. The van der Waals surface area contributed by atoms with Crippen LogP contribution in [0.25, 0.3) is 0 Å². The molecule has 0 saturated carbocycles. The first-order chi connectivity index (χ1) is 1.91. The molecule has 1 nitrogen and oxygen atoms in total. The van der Waals surface area contributed by atoms with Gasteiger partial charge in [-0.2, -0.15) is 6.92 Å². The number of hydrogen-bond donors (Lipinski definition) is 1. The Balaban J connectivity index is 0. The van der Waals surface area contributed by atoms with Gasteiger partial charge < -0.3 is 11.5 Å². The van der Waals surface area contributed by atoms with Crippen molar-refractivity contribution < 1.29 is 37.8 Å². The largest absolute Gasteiger partial charge is 0.428 e. The molecule has 29 valence electrons. The van der Waals surface area contributed by atoms with Crippen LogP contribution in [0.3, 0.4) is 0 Å². The monoisotopic (exact) mass is 148 g/mol. The minimum atomic E-state index is 0. The Morgan fingerprint density at radius 2 is 2.00 bits per heavy atom. The summed E-state index contributed by atoms with van der Waals surface area (Å²) in [6.07, 6.45) is 1.68. The van der Waals surface area contributed by atoms with Crippen LogP contribution in [0.1, 0.15) is 6.92 Å². The number of aliphatic hydroxyl groups excluding tert-OH is 1. The average molecular weight is 148 g/mol. The summed E-state index contributed by atoms with van der Waals surface area (Å²) in [6.45, 7) is 2.00. The molecule has 0 aliphatic heterocycles. The van der Waals surface area contributed by atoms with E-state index in [1.807, 2.05) is 0 Å². The van der Waals surface area contributed by atoms with Crippen LogP contribution in [0.2, 0.25) is 0 Å². The van der Waals surface area contributed by atoms with Crippen molar-refractivity contribution in [3.8, 4) is 0 Å².